The molecule has 1 aromatic rings. The Morgan fingerprint density at radius 3 is 2.32 bits per heavy atom. The van der Waals surface area contributed by atoms with E-state index in [1.807, 2.05) is 32.2 Å². The van der Waals surface area contributed by atoms with E-state index in [9.17, 15) is 5.11 Å². The maximum absolute atomic E-state index is 9.24. The topological polar surface area (TPSA) is 41.5 Å². The Bertz CT molecular complexity index is 350. The molecule has 0 spiro atoms. The number of nitrogens with one attached hydrogen (secondary N) is 1. The summed E-state index contributed by atoms with van der Waals surface area (Å²) in [6, 6.07) is 8.43. The van der Waals surface area contributed by atoms with Crippen molar-refractivity contribution in [3.8, 4) is 5.75 Å². The van der Waals surface area contributed by atoms with Gasteiger partial charge >= 0.3 is 0 Å². The molecule has 0 aliphatic rings. The maximum Gasteiger partial charge on any atom is 0.119 e. The SMILES string of the molecule is CSC(CO)C(C)NCc1ccc(OC(C)C)cc1. The van der Waals surface area contributed by atoms with Crippen LogP contribution in [0.2, 0.25) is 0 Å². The average molecular weight is 283 g/mol. The van der Waals surface area contributed by atoms with Crippen LogP contribution in [0.25, 0.3) is 0 Å². The smallest absolute Gasteiger partial charge is 0.119 e. The molecule has 1 aromatic carbocycles. The molecule has 3 nitrogen and oxygen atoms in total. The van der Waals surface area contributed by atoms with Crippen LogP contribution in [-0.2, 0) is 6.54 Å². The van der Waals surface area contributed by atoms with Gasteiger partial charge in [-0.3, -0.25) is 0 Å². The normalized spacial score (nSPS) is 14.4. The van der Waals surface area contributed by atoms with Crippen LogP contribution in [0.3, 0.4) is 0 Å². The van der Waals surface area contributed by atoms with Crippen molar-refractivity contribution >= 4 is 11.8 Å². The zero-order valence-electron chi connectivity index (χ0n) is 12.2. The summed E-state index contributed by atoms with van der Waals surface area (Å²) in [7, 11) is 0. The molecule has 19 heavy (non-hydrogen) atoms. The third-order valence-corrected chi connectivity index (χ3v) is 4.13. The minimum absolute atomic E-state index is 0.205. The summed E-state index contributed by atoms with van der Waals surface area (Å²) in [6.45, 7) is 7.16. The lowest BCUT2D eigenvalue weighted by atomic mass is 10.2. The first-order chi connectivity index (χ1) is 9.06. The highest BCUT2D eigenvalue weighted by Gasteiger charge is 2.14. The Morgan fingerprint density at radius 2 is 1.84 bits per heavy atom. The van der Waals surface area contributed by atoms with Gasteiger partial charge in [-0.05, 0) is 44.7 Å². The summed E-state index contributed by atoms with van der Waals surface area (Å²) >= 11 is 1.69. The molecule has 0 saturated carbocycles. The number of rotatable bonds is 8. The van der Waals surface area contributed by atoms with Gasteiger partial charge in [0.05, 0.1) is 12.7 Å². The Balaban J connectivity index is 2.45. The Hall–Kier alpha value is -0.710. The lowest BCUT2D eigenvalue weighted by Gasteiger charge is -2.21. The van der Waals surface area contributed by atoms with E-state index < -0.39 is 0 Å². The predicted octanol–water partition coefficient (Wildman–Crippen LogP) is 2.68. The van der Waals surface area contributed by atoms with Gasteiger partial charge in [0.15, 0.2) is 0 Å². The van der Waals surface area contributed by atoms with Crippen LogP contribution >= 0.6 is 11.8 Å². The number of thioether (sulfide) groups is 1. The fourth-order valence-electron chi connectivity index (χ4n) is 1.81. The van der Waals surface area contributed by atoms with E-state index in [4.69, 9.17) is 4.74 Å². The fraction of sp³-hybridized carbons (Fsp3) is 0.600. The fourth-order valence-corrected chi connectivity index (χ4v) is 2.46. The molecule has 0 saturated heterocycles. The summed E-state index contributed by atoms with van der Waals surface area (Å²) in [5.41, 5.74) is 1.22. The van der Waals surface area contributed by atoms with Gasteiger partial charge in [0.1, 0.15) is 5.75 Å². The molecular formula is C15H25NO2S. The molecule has 108 valence electrons. The van der Waals surface area contributed by atoms with E-state index in [2.05, 4.69) is 24.4 Å². The second-order valence-electron chi connectivity index (χ2n) is 4.94. The molecule has 2 atom stereocenters. The van der Waals surface area contributed by atoms with Crippen molar-refractivity contribution in [3.63, 3.8) is 0 Å². The third kappa shape index (κ3) is 5.85. The molecule has 2 unspecified atom stereocenters. The van der Waals surface area contributed by atoms with Gasteiger partial charge < -0.3 is 15.2 Å². The molecule has 2 N–H and O–H groups in total. The molecule has 1 rings (SSSR count). The Kier molecular flexibility index (Phi) is 7.28. The minimum atomic E-state index is 0.205. The van der Waals surface area contributed by atoms with E-state index in [0.717, 1.165) is 12.3 Å². The summed E-state index contributed by atoms with van der Waals surface area (Å²) < 4.78 is 5.61. The van der Waals surface area contributed by atoms with E-state index in [0.29, 0.717) is 0 Å². The highest BCUT2D eigenvalue weighted by molar-refractivity contribution is 7.99. The number of hydrogen-bond acceptors (Lipinski definition) is 4. The highest BCUT2D eigenvalue weighted by Crippen LogP contribution is 2.15. The first-order valence-electron chi connectivity index (χ1n) is 6.69. The van der Waals surface area contributed by atoms with Crippen molar-refractivity contribution in [2.75, 3.05) is 12.9 Å². The number of aliphatic hydroxyl groups is 1. The highest BCUT2D eigenvalue weighted by atomic mass is 32.2. The molecule has 4 heteroatoms. The van der Waals surface area contributed by atoms with Crippen molar-refractivity contribution in [2.45, 2.75) is 44.7 Å². The van der Waals surface area contributed by atoms with E-state index in [-0.39, 0.29) is 24.0 Å². The van der Waals surface area contributed by atoms with Gasteiger partial charge in [-0.25, -0.2) is 0 Å². The van der Waals surface area contributed by atoms with Crippen LogP contribution in [0.15, 0.2) is 24.3 Å². The van der Waals surface area contributed by atoms with Crippen LogP contribution in [0, 0.1) is 0 Å². The van der Waals surface area contributed by atoms with Gasteiger partial charge in [0, 0.05) is 17.8 Å². The van der Waals surface area contributed by atoms with Crippen LogP contribution in [0.1, 0.15) is 26.3 Å². The standard InChI is InChI=1S/C15H25NO2S/c1-11(2)18-14-7-5-13(6-8-14)9-16-12(3)15(10-17)19-4/h5-8,11-12,15-17H,9-10H2,1-4H3. The summed E-state index contributed by atoms with van der Waals surface area (Å²) in [5, 5.41) is 12.9. The number of benzene rings is 1. The van der Waals surface area contributed by atoms with Crippen molar-refractivity contribution in [3.05, 3.63) is 29.8 Å². The predicted molar refractivity (Wildman–Crippen MR) is 82.9 cm³/mol. The van der Waals surface area contributed by atoms with Gasteiger partial charge in [-0.1, -0.05) is 12.1 Å². The van der Waals surface area contributed by atoms with Crippen LogP contribution < -0.4 is 10.1 Å². The van der Waals surface area contributed by atoms with Crippen molar-refractivity contribution in [1.29, 1.82) is 0 Å². The van der Waals surface area contributed by atoms with Crippen molar-refractivity contribution < 1.29 is 9.84 Å². The zero-order chi connectivity index (χ0) is 14.3. The van der Waals surface area contributed by atoms with Crippen LogP contribution in [0.4, 0.5) is 0 Å². The average Bonchev–Trinajstić information content (AvgIpc) is 2.38. The van der Waals surface area contributed by atoms with Gasteiger partial charge in [-0.2, -0.15) is 11.8 Å². The van der Waals surface area contributed by atoms with Gasteiger partial charge in [0.25, 0.3) is 0 Å². The molecule has 0 fully saturated rings. The zero-order valence-corrected chi connectivity index (χ0v) is 13.0. The second-order valence-corrected chi connectivity index (χ2v) is 6.01. The molecule has 0 radical (unpaired) electrons. The van der Waals surface area contributed by atoms with Gasteiger partial charge in [0.2, 0.25) is 0 Å². The van der Waals surface area contributed by atoms with Crippen molar-refractivity contribution in [1.82, 2.24) is 5.32 Å². The third-order valence-electron chi connectivity index (χ3n) is 2.96. The summed E-state index contributed by atoms with van der Waals surface area (Å²) in [5.74, 6) is 0.907. The largest absolute Gasteiger partial charge is 0.491 e. The van der Waals surface area contributed by atoms with Crippen molar-refractivity contribution in [2.24, 2.45) is 0 Å². The van der Waals surface area contributed by atoms with E-state index in [1.54, 1.807) is 11.8 Å². The number of hydrogen-bond donors (Lipinski definition) is 2. The first-order valence-corrected chi connectivity index (χ1v) is 7.98. The minimum Gasteiger partial charge on any atom is -0.491 e. The second kappa shape index (κ2) is 8.46. The number of aliphatic hydroxyl groups excluding tert-OH is 1. The van der Waals surface area contributed by atoms with Crippen LogP contribution in [0.5, 0.6) is 5.75 Å². The summed E-state index contributed by atoms with van der Waals surface area (Å²) in [6.07, 6.45) is 2.23. The molecule has 0 bridgehead atoms. The monoisotopic (exact) mass is 283 g/mol. The van der Waals surface area contributed by atoms with Crippen LogP contribution in [-0.4, -0.2) is 35.4 Å². The molecule has 0 aliphatic heterocycles. The van der Waals surface area contributed by atoms with E-state index >= 15 is 0 Å². The first kappa shape index (κ1) is 16.3. The lowest BCUT2D eigenvalue weighted by Crippen LogP contribution is -2.37. The molecule has 0 aliphatic carbocycles. The van der Waals surface area contributed by atoms with Gasteiger partial charge in [-0.15, -0.1) is 0 Å². The number of ether oxygens (including phenoxy) is 1. The molecular weight excluding hydrogens is 258 g/mol. The Labute approximate surface area is 120 Å². The quantitative estimate of drug-likeness (QED) is 0.769. The Morgan fingerprint density at radius 1 is 1.21 bits per heavy atom. The molecule has 0 amide bonds. The molecule has 0 aromatic heterocycles. The lowest BCUT2D eigenvalue weighted by molar-refractivity contribution is 0.242. The maximum atomic E-state index is 9.24. The molecule has 0 heterocycles. The van der Waals surface area contributed by atoms with E-state index in [1.165, 1.54) is 5.56 Å². The summed E-state index contributed by atoms with van der Waals surface area (Å²) in [4.78, 5) is 0.